The topological polar surface area (TPSA) is 70.6 Å². The Kier molecular flexibility index (Phi) is 2.87. The van der Waals surface area contributed by atoms with E-state index >= 15 is 0 Å². The fraction of sp³-hybridized carbons (Fsp3) is 0.0667. The lowest BCUT2D eigenvalue weighted by molar-refractivity contribution is 0.203. The first-order chi connectivity index (χ1) is 9.70. The van der Waals surface area contributed by atoms with Gasteiger partial charge in [0.2, 0.25) is 0 Å². The molecule has 0 bridgehead atoms. The molecular formula is C15H13N3O2. The largest absolute Gasteiger partial charge is 0.426 e. The Labute approximate surface area is 115 Å². The fourth-order valence-corrected chi connectivity index (χ4v) is 2.12. The first-order valence-corrected chi connectivity index (χ1v) is 6.17. The highest BCUT2D eigenvalue weighted by molar-refractivity contribution is 6.01. The molecule has 0 amide bonds. The van der Waals surface area contributed by atoms with Crippen molar-refractivity contribution in [3.05, 3.63) is 54.1 Å². The second kappa shape index (κ2) is 4.70. The van der Waals surface area contributed by atoms with Crippen LogP contribution in [0.4, 0.5) is 0 Å². The van der Waals surface area contributed by atoms with E-state index in [1.165, 1.54) is 0 Å². The van der Waals surface area contributed by atoms with Crippen LogP contribution in [0.5, 0.6) is 0 Å². The molecule has 100 valence electrons. The molecule has 0 unspecified atom stereocenters. The van der Waals surface area contributed by atoms with Crippen LogP contribution in [0.3, 0.4) is 0 Å². The molecule has 3 aromatic rings. The molecule has 2 aromatic carbocycles. The van der Waals surface area contributed by atoms with Gasteiger partial charge in [-0.1, -0.05) is 41.6 Å². The minimum atomic E-state index is 0.481. The second-order valence-electron chi connectivity index (χ2n) is 4.50. The minimum absolute atomic E-state index is 0.481. The number of hydrogen-bond acceptors (Lipinski definition) is 4. The number of benzene rings is 2. The van der Waals surface area contributed by atoms with Crippen LogP contribution < -0.4 is 0 Å². The van der Waals surface area contributed by atoms with Gasteiger partial charge in [-0.05, 0) is 19.1 Å². The quantitative estimate of drug-likeness (QED) is 0.324. The van der Waals surface area contributed by atoms with Crippen LogP contribution in [0.1, 0.15) is 12.5 Å². The molecule has 5 nitrogen and oxygen atoms in total. The third-order valence-electron chi connectivity index (χ3n) is 3.23. The van der Waals surface area contributed by atoms with Crippen molar-refractivity contribution in [2.45, 2.75) is 6.92 Å². The summed E-state index contributed by atoms with van der Waals surface area (Å²) in [6, 6.07) is 14.8. The molecule has 0 fully saturated rings. The van der Waals surface area contributed by atoms with Gasteiger partial charge in [0, 0.05) is 11.1 Å². The maximum atomic E-state index is 10.3. The average Bonchev–Trinajstić information content (AvgIpc) is 2.84. The van der Waals surface area contributed by atoms with E-state index in [1.54, 1.807) is 25.1 Å². The molecular weight excluding hydrogens is 254 g/mol. The van der Waals surface area contributed by atoms with Gasteiger partial charge in [0.05, 0.1) is 11.2 Å². The minimum Gasteiger partial charge on any atom is -0.426 e. The lowest BCUT2D eigenvalue weighted by Gasteiger charge is -2.01. The summed E-state index contributed by atoms with van der Waals surface area (Å²) in [6.45, 7) is 1.69. The summed E-state index contributed by atoms with van der Waals surface area (Å²) in [5.74, 6) is 0.483. The maximum Gasteiger partial charge on any atom is 0.176 e. The monoisotopic (exact) mass is 267 g/mol. The van der Waals surface area contributed by atoms with Crippen LogP contribution in [-0.2, 0) is 0 Å². The summed E-state index contributed by atoms with van der Waals surface area (Å²) in [6.07, 6.45) is 0. The van der Waals surface area contributed by atoms with Gasteiger partial charge in [0.25, 0.3) is 0 Å². The zero-order valence-corrected chi connectivity index (χ0v) is 10.9. The molecule has 0 spiro atoms. The zero-order chi connectivity index (χ0) is 14.1. The van der Waals surface area contributed by atoms with E-state index in [-0.39, 0.29) is 0 Å². The number of aromatic nitrogens is 2. The van der Waals surface area contributed by atoms with Crippen molar-refractivity contribution >= 4 is 16.7 Å². The summed E-state index contributed by atoms with van der Waals surface area (Å²) >= 11 is 0. The molecule has 0 aliphatic carbocycles. The van der Waals surface area contributed by atoms with Crippen LogP contribution in [0.2, 0.25) is 0 Å². The number of rotatable bonds is 2. The molecule has 0 saturated heterocycles. The Morgan fingerprint density at radius 2 is 1.90 bits per heavy atom. The fourth-order valence-electron chi connectivity index (χ4n) is 2.12. The van der Waals surface area contributed by atoms with Crippen molar-refractivity contribution in [1.82, 2.24) is 9.71 Å². The molecule has 0 saturated carbocycles. The van der Waals surface area contributed by atoms with Crippen LogP contribution in [0.25, 0.3) is 22.4 Å². The van der Waals surface area contributed by atoms with Gasteiger partial charge in [-0.25, -0.2) is 4.98 Å². The summed E-state index contributed by atoms with van der Waals surface area (Å²) in [7, 11) is 0. The number of nitrogens with zero attached hydrogens (tertiary/aromatic N) is 3. The van der Waals surface area contributed by atoms with Gasteiger partial charge >= 0.3 is 0 Å². The predicted molar refractivity (Wildman–Crippen MR) is 76.4 cm³/mol. The second-order valence-corrected chi connectivity index (χ2v) is 4.50. The van der Waals surface area contributed by atoms with Crippen molar-refractivity contribution < 1.29 is 10.4 Å². The SMILES string of the molecule is C/C(=N\O)c1ccc2nc(-c3ccccc3)n(O)c2c1. The number of oxime groups is 1. The van der Waals surface area contributed by atoms with Crippen LogP contribution in [0.15, 0.2) is 53.7 Å². The van der Waals surface area contributed by atoms with Crippen molar-refractivity contribution in [3.8, 4) is 11.4 Å². The van der Waals surface area contributed by atoms with Gasteiger partial charge in [-0.3, -0.25) is 0 Å². The molecule has 0 aliphatic heterocycles. The van der Waals surface area contributed by atoms with E-state index < -0.39 is 0 Å². The highest BCUT2D eigenvalue weighted by Crippen LogP contribution is 2.24. The summed E-state index contributed by atoms with van der Waals surface area (Å²) < 4.78 is 1.05. The standard InChI is InChI=1S/C15H13N3O2/c1-10(17-19)12-7-8-13-14(9-12)18(20)15(16-13)11-5-3-2-4-6-11/h2-9,19-20H,1H3/b17-10+. The highest BCUT2D eigenvalue weighted by atomic mass is 16.5. The van der Waals surface area contributed by atoms with Crippen LogP contribution in [0, 0.1) is 0 Å². The van der Waals surface area contributed by atoms with Crippen molar-refractivity contribution in [1.29, 1.82) is 0 Å². The molecule has 0 atom stereocenters. The zero-order valence-electron chi connectivity index (χ0n) is 10.9. The van der Waals surface area contributed by atoms with Crippen molar-refractivity contribution in [2.75, 3.05) is 0 Å². The third-order valence-corrected chi connectivity index (χ3v) is 3.23. The number of fused-ring (bicyclic) bond motifs is 1. The van der Waals surface area contributed by atoms with Crippen LogP contribution in [-0.4, -0.2) is 25.8 Å². The van der Waals surface area contributed by atoms with E-state index in [1.807, 2.05) is 30.3 Å². The van der Waals surface area contributed by atoms with E-state index in [4.69, 9.17) is 5.21 Å². The van der Waals surface area contributed by atoms with E-state index in [0.717, 1.165) is 15.9 Å². The maximum absolute atomic E-state index is 10.3. The molecule has 1 aromatic heterocycles. The van der Waals surface area contributed by atoms with Gasteiger partial charge in [-0.2, -0.15) is 4.73 Å². The van der Waals surface area contributed by atoms with Crippen molar-refractivity contribution in [2.24, 2.45) is 5.16 Å². The number of hydrogen-bond donors (Lipinski definition) is 2. The predicted octanol–water partition coefficient (Wildman–Crippen LogP) is 3.14. The summed E-state index contributed by atoms with van der Waals surface area (Å²) in [4.78, 5) is 4.42. The first kappa shape index (κ1) is 12.2. The van der Waals surface area contributed by atoms with Gasteiger partial charge in [0.15, 0.2) is 5.82 Å². The number of imidazole rings is 1. The van der Waals surface area contributed by atoms with Gasteiger partial charge in [-0.15, -0.1) is 0 Å². The Bertz CT molecular complexity index is 791. The molecule has 3 rings (SSSR count). The molecule has 0 radical (unpaired) electrons. The molecule has 2 N–H and O–H groups in total. The van der Waals surface area contributed by atoms with Gasteiger partial charge in [0.1, 0.15) is 5.52 Å². The first-order valence-electron chi connectivity index (χ1n) is 6.17. The smallest absolute Gasteiger partial charge is 0.176 e. The Morgan fingerprint density at radius 3 is 2.60 bits per heavy atom. The Balaban J connectivity index is 2.21. The average molecular weight is 267 g/mol. The van der Waals surface area contributed by atoms with Crippen molar-refractivity contribution in [3.63, 3.8) is 0 Å². The third kappa shape index (κ3) is 1.89. The summed E-state index contributed by atoms with van der Waals surface area (Å²) in [5, 5.41) is 22.3. The lowest BCUT2D eigenvalue weighted by atomic mass is 10.1. The lowest BCUT2D eigenvalue weighted by Crippen LogP contribution is -1.97. The van der Waals surface area contributed by atoms with E-state index in [2.05, 4.69) is 10.1 Å². The van der Waals surface area contributed by atoms with Crippen LogP contribution >= 0.6 is 0 Å². The molecule has 0 aliphatic rings. The van der Waals surface area contributed by atoms with E-state index in [0.29, 0.717) is 22.6 Å². The molecule has 1 heterocycles. The van der Waals surface area contributed by atoms with Gasteiger partial charge < -0.3 is 10.4 Å². The normalized spacial score (nSPS) is 11.9. The molecule has 5 heteroatoms. The Hall–Kier alpha value is -2.82. The van der Waals surface area contributed by atoms with E-state index in [9.17, 15) is 5.21 Å². The summed E-state index contributed by atoms with van der Waals surface area (Å²) in [5.41, 5.74) is 3.30. The molecule has 20 heavy (non-hydrogen) atoms. The Morgan fingerprint density at radius 1 is 1.15 bits per heavy atom. The highest BCUT2D eigenvalue weighted by Gasteiger charge is 2.12.